The number of hydrogen-bond acceptors (Lipinski definition) is 8. The van der Waals surface area contributed by atoms with Gasteiger partial charge in [-0.3, -0.25) is 14.6 Å². The molecule has 0 atom stereocenters. The van der Waals surface area contributed by atoms with Crippen LogP contribution in [-0.4, -0.2) is 32.1 Å². The molecule has 4 aromatic rings. The number of benzene rings is 1. The third-order valence-electron chi connectivity index (χ3n) is 4.47. The second kappa shape index (κ2) is 7.56. The molecular formula is C20H18N8O2. The van der Waals surface area contributed by atoms with Crippen LogP contribution in [0.15, 0.2) is 41.2 Å². The zero-order valence-electron chi connectivity index (χ0n) is 16.5. The summed E-state index contributed by atoms with van der Waals surface area (Å²) in [5, 5.41) is 27.1. The van der Waals surface area contributed by atoms with Crippen LogP contribution in [0.1, 0.15) is 11.3 Å². The molecule has 10 nitrogen and oxygen atoms in total. The molecule has 0 aliphatic carbocycles. The molecule has 4 rings (SSSR count). The van der Waals surface area contributed by atoms with E-state index in [9.17, 15) is 10.1 Å². The maximum atomic E-state index is 12.6. The van der Waals surface area contributed by atoms with Crippen LogP contribution in [0.3, 0.4) is 0 Å². The van der Waals surface area contributed by atoms with E-state index in [-0.39, 0.29) is 5.56 Å². The molecule has 150 valence electrons. The molecule has 0 bridgehead atoms. The quantitative estimate of drug-likeness (QED) is 0.464. The van der Waals surface area contributed by atoms with Gasteiger partial charge in [0.2, 0.25) is 0 Å². The lowest BCUT2D eigenvalue weighted by Gasteiger charge is -2.14. The summed E-state index contributed by atoms with van der Waals surface area (Å²) in [6, 6.07) is 12.6. The van der Waals surface area contributed by atoms with E-state index in [1.807, 2.05) is 13.0 Å². The molecule has 3 heterocycles. The van der Waals surface area contributed by atoms with E-state index in [0.717, 1.165) is 5.69 Å². The zero-order chi connectivity index (χ0) is 21.3. The van der Waals surface area contributed by atoms with Crippen molar-refractivity contribution in [3.8, 4) is 11.8 Å². The van der Waals surface area contributed by atoms with Gasteiger partial charge in [0, 0.05) is 13.1 Å². The molecule has 0 saturated carbocycles. The average Bonchev–Trinajstić information content (AvgIpc) is 3.03. The molecule has 0 aliphatic heterocycles. The first-order valence-electron chi connectivity index (χ1n) is 9.01. The van der Waals surface area contributed by atoms with Crippen molar-refractivity contribution in [2.45, 2.75) is 6.92 Å². The predicted octanol–water partition coefficient (Wildman–Crippen LogP) is 2.73. The Morgan fingerprint density at radius 3 is 2.67 bits per heavy atom. The van der Waals surface area contributed by atoms with Crippen molar-refractivity contribution in [1.82, 2.24) is 25.0 Å². The maximum absolute atomic E-state index is 12.6. The Hall–Kier alpha value is -4.39. The Morgan fingerprint density at radius 2 is 1.97 bits per heavy atom. The van der Waals surface area contributed by atoms with Crippen molar-refractivity contribution >= 4 is 34.0 Å². The summed E-state index contributed by atoms with van der Waals surface area (Å²) in [6.45, 7) is 1.85. The van der Waals surface area contributed by atoms with E-state index >= 15 is 0 Å². The van der Waals surface area contributed by atoms with Gasteiger partial charge in [-0.05, 0) is 31.2 Å². The number of fused-ring (bicyclic) bond motifs is 1. The van der Waals surface area contributed by atoms with Crippen LogP contribution in [0.5, 0.6) is 5.75 Å². The molecule has 0 aliphatic rings. The first-order valence-corrected chi connectivity index (χ1v) is 9.01. The number of aromatic amines is 1. The Labute approximate surface area is 171 Å². The lowest BCUT2D eigenvalue weighted by Crippen LogP contribution is -2.12. The van der Waals surface area contributed by atoms with E-state index in [2.05, 4.69) is 37.0 Å². The minimum absolute atomic E-state index is 0.239. The van der Waals surface area contributed by atoms with Crippen LogP contribution in [-0.2, 0) is 7.05 Å². The van der Waals surface area contributed by atoms with Crippen molar-refractivity contribution in [2.75, 3.05) is 17.7 Å². The van der Waals surface area contributed by atoms with Crippen molar-refractivity contribution in [2.24, 2.45) is 7.05 Å². The van der Waals surface area contributed by atoms with Gasteiger partial charge in [-0.2, -0.15) is 10.4 Å². The zero-order valence-corrected chi connectivity index (χ0v) is 16.5. The molecular weight excluding hydrogens is 384 g/mol. The first kappa shape index (κ1) is 18.9. The molecule has 0 amide bonds. The Morgan fingerprint density at radius 1 is 1.13 bits per heavy atom. The summed E-state index contributed by atoms with van der Waals surface area (Å²) in [7, 11) is 3.10. The van der Waals surface area contributed by atoms with Crippen molar-refractivity contribution in [3.63, 3.8) is 0 Å². The number of nitrogens with one attached hydrogen (secondary N) is 3. The number of para-hydroxylation sites is 1. The fourth-order valence-electron chi connectivity index (χ4n) is 3.07. The molecule has 0 spiro atoms. The van der Waals surface area contributed by atoms with E-state index < -0.39 is 0 Å². The van der Waals surface area contributed by atoms with Crippen LogP contribution >= 0.6 is 0 Å². The molecule has 0 fully saturated rings. The summed E-state index contributed by atoms with van der Waals surface area (Å²) in [6.07, 6.45) is 0. The normalized spacial score (nSPS) is 10.6. The number of rotatable bonds is 5. The Bertz CT molecular complexity index is 1330. The number of H-pyrrole nitrogens is 1. The fourth-order valence-corrected chi connectivity index (χ4v) is 3.07. The fraction of sp³-hybridized carbons (Fsp3) is 0.150. The maximum Gasteiger partial charge on any atom is 0.277 e. The minimum atomic E-state index is -0.239. The Kier molecular flexibility index (Phi) is 4.77. The first-order chi connectivity index (χ1) is 14.5. The molecule has 1 aromatic carbocycles. The van der Waals surface area contributed by atoms with Gasteiger partial charge in [-0.15, -0.1) is 5.10 Å². The van der Waals surface area contributed by atoms with E-state index in [1.165, 1.54) is 11.8 Å². The largest absolute Gasteiger partial charge is 0.493 e. The summed E-state index contributed by atoms with van der Waals surface area (Å²) in [5.74, 6) is 1.36. The number of aryl methyl sites for hydroxylation is 2. The molecule has 0 unspecified atom stereocenters. The molecule has 0 saturated heterocycles. The van der Waals surface area contributed by atoms with Crippen LogP contribution in [0.2, 0.25) is 0 Å². The van der Waals surface area contributed by atoms with Gasteiger partial charge in [-0.1, -0.05) is 6.07 Å². The van der Waals surface area contributed by atoms with Gasteiger partial charge in [0.15, 0.2) is 17.2 Å². The lowest BCUT2D eigenvalue weighted by molar-refractivity contribution is 0.415. The number of methoxy groups -OCH3 is 1. The topological polar surface area (TPSA) is 134 Å². The molecule has 3 aromatic heterocycles. The van der Waals surface area contributed by atoms with Crippen LogP contribution < -0.4 is 20.9 Å². The highest BCUT2D eigenvalue weighted by molar-refractivity contribution is 5.93. The number of aromatic nitrogens is 5. The average molecular weight is 402 g/mol. The van der Waals surface area contributed by atoms with Crippen molar-refractivity contribution < 1.29 is 4.74 Å². The summed E-state index contributed by atoms with van der Waals surface area (Å²) in [4.78, 5) is 17.1. The van der Waals surface area contributed by atoms with E-state index in [0.29, 0.717) is 45.4 Å². The van der Waals surface area contributed by atoms with Crippen molar-refractivity contribution in [3.05, 3.63) is 58.0 Å². The number of anilines is 4. The van der Waals surface area contributed by atoms with Gasteiger partial charge in [0.05, 0.1) is 29.7 Å². The minimum Gasteiger partial charge on any atom is -0.493 e. The number of ether oxygens (including phenoxy) is 1. The van der Waals surface area contributed by atoms with Crippen molar-refractivity contribution in [1.29, 1.82) is 5.26 Å². The van der Waals surface area contributed by atoms with Gasteiger partial charge < -0.3 is 15.4 Å². The monoisotopic (exact) mass is 402 g/mol. The smallest absolute Gasteiger partial charge is 0.277 e. The number of nitrogens with zero attached hydrogens (tertiary/aromatic N) is 5. The summed E-state index contributed by atoms with van der Waals surface area (Å²) in [5.41, 5.74) is 2.37. The number of nitriles is 1. The third kappa shape index (κ3) is 3.40. The van der Waals surface area contributed by atoms with Crippen LogP contribution in [0.4, 0.5) is 23.0 Å². The Balaban J connectivity index is 1.83. The van der Waals surface area contributed by atoms with Gasteiger partial charge in [0.1, 0.15) is 17.3 Å². The van der Waals surface area contributed by atoms with Crippen LogP contribution in [0, 0.1) is 18.3 Å². The second-order valence-electron chi connectivity index (χ2n) is 6.56. The van der Waals surface area contributed by atoms with E-state index in [1.54, 1.807) is 37.4 Å². The summed E-state index contributed by atoms with van der Waals surface area (Å²) < 4.78 is 6.75. The van der Waals surface area contributed by atoms with Gasteiger partial charge >= 0.3 is 0 Å². The summed E-state index contributed by atoms with van der Waals surface area (Å²) >= 11 is 0. The third-order valence-corrected chi connectivity index (χ3v) is 4.47. The molecule has 3 N–H and O–H groups in total. The standard InChI is InChI=1S/C20H18N8O2/c1-11-7-8-15(26-25-11)23-16-9-14(17-19(24-16)27-28(2)20(17)29)22-13-6-4-5-12(10-21)18(13)30-3/h4-9H,1-3H3,(H3,22,23,24,26,27). The van der Waals surface area contributed by atoms with Crippen LogP contribution in [0.25, 0.3) is 11.0 Å². The highest BCUT2D eigenvalue weighted by Gasteiger charge is 2.16. The SMILES string of the molecule is COc1c(C#N)cccc1Nc1cc(Nc2ccc(C)nn2)nc2[nH]n(C)c(=O)c12. The number of hydrogen-bond donors (Lipinski definition) is 3. The van der Waals surface area contributed by atoms with Gasteiger partial charge in [-0.25, -0.2) is 4.98 Å². The predicted molar refractivity (Wildman–Crippen MR) is 112 cm³/mol. The lowest BCUT2D eigenvalue weighted by atomic mass is 10.1. The molecule has 30 heavy (non-hydrogen) atoms. The highest BCUT2D eigenvalue weighted by atomic mass is 16.5. The molecule has 10 heteroatoms. The van der Waals surface area contributed by atoms with E-state index in [4.69, 9.17) is 4.74 Å². The highest BCUT2D eigenvalue weighted by Crippen LogP contribution is 2.33. The second-order valence-corrected chi connectivity index (χ2v) is 6.56. The molecule has 0 radical (unpaired) electrons. The van der Waals surface area contributed by atoms with Gasteiger partial charge in [0.25, 0.3) is 5.56 Å². The number of pyridine rings is 1.